The van der Waals surface area contributed by atoms with Crippen molar-refractivity contribution in [2.75, 3.05) is 13.7 Å². The Morgan fingerprint density at radius 3 is 2.83 bits per heavy atom. The molecule has 1 fully saturated rings. The Labute approximate surface area is 140 Å². The van der Waals surface area contributed by atoms with Crippen LogP contribution in [0.25, 0.3) is 0 Å². The fraction of sp³-hybridized carbons (Fsp3) is 0.471. The van der Waals surface area contributed by atoms with Crippen molar-refractivity contribution in [3.05, 3.63) is 29.3 Å². The number of urea groups is 1. The molecule has 128 valence electrons. The van der Waals surface area contributed by atoms with Gasteiger partial charge in [0.1, 0.15) is 5.75 Å². The number of amides is 4. The molecule has 2 atom stereocenters. The van der Waals surface area contributed by atoms with Gasteiger partial charge >= 0.3 is 6.03 Å². The molecule has 2 aliphatic rings. The number of nitrogens with zero attached hydrogens (tertiary/aromatic N) is 1. The summed E-state index contributed by atoms with van der Waals surface area (Å²) in [6, 6.07) is 5.01. The predicted molar refractivity (Wildman–Crippen MR) is 86.4 cm³/mol. The van der Waals surface area contributed by atoms with E-state index in [0.717, 1.165) is 17.7 Å². The van der Waals surface area contributed by atoms with Crippen molar-refractivity contribution in [1.82, 2.24) is 15.5 Å². The molecule has 7 nitrogen and oxygen atoms in total. The maximum absolute atomic E-state index is 12.6. The Morgan fingerprint density at radius 2 is 2.12 bits per heavy atom. The van der Waals surface area contributed by atoms with Crippen molar-refractivity contribution in [3.8, 4) is 5.75 Å². The summed E-state index contributed by atoms with van der Waals surface area (Å²) in [6.07, 6.45) is 0.861. The summed E-state index contributed by atoms with van der Waals surface area (Å²) in [4.78, 5) is 37.6. The summed E-state index contributed by atoms with van der Waals surface area (Å²) in [7, 11) is 1.63. The van der Waals surface area contributed by atoms with Gasteiger partial charge in [0, 0.05) is 25.6 Å². The van der Waals surface area contributed by atoms with E-state index in [9.17, 15) is 14.4 Å². The standard InChI is InChI=1S/C17H21N3O4/c1-10-14(16(22)19-17(23)18-10)8-15(21)20-6-5-11-7-13(24-2)4-3-12(11)9-20/h3-4,7,10,14H,5-6,8-9H2,1-2H3,(H2,18,19,22,23). The minimum absolute atomic E-state index is 0.0698. The molecule has 4 amide bonds. The second-order valence-corrected chi connectivity index (χ2v) is 6.26. The van der Waals surface area contributed by atoms with Crippen molar-refractivity contribution >= 4 is 17.8 Å². The van der Waals surface area contributed by atoms with Crippen molar-refractivity contribution < 1.29 is 19.1 Å². The van der Waals surface area contributed by atoms with E-state index in [1.165, 1.54) is 5.56 Å². The first-order chi connectivity index (χ1) is 11.5. The van der Waals surface area contributed by atoms with Crippen LogP contribution in [0.3, 0.4) is 0 Å². The van der Waals surface area contributed by atoms with Crippen LogP contribution in [0.4, 0.5) is 4.79 Å². The fourth-order valence-electron chi connectivity index (χ4n) is 3.23. The summed E-state index contributed by atoms with van der Waals surface area (Å²) >= 11 is 0. The Morgan fingerprint density at radius 1 is 1.33 bits per heavy atom. The van der Waals surface area contributed by atoms with Crippen LogP contribution in [0.5, 0.6) is 5.75 Å². The molecule has 3 rings (SSSR count). The normalized spacial score (nSPS) is 23.2. The lowest BCUT2D eigenvalue weighted by atomic mass is 9.93. The van der Waals surface area contributed by atoms with Crippen LogP contribution < -0.4 is 15.4 Å². The van der Waals surface area contributed by atoms with Crippen molar-refractivity contribution in [2.45, 2.75) is 32.4 Å². The average Bonchev–Trinajstić information content (AvgIpc) is 2.56. The lowest BCUT2D eigenvalue weighted by Gasteiger charge is -2.33. The van der Waals surface area contributed by atoms with Crippen molar-refractivity contribution in [3.63, 3.8) is 0 Å². The second kappa shape index (κ2) is 6.51. The summed E-state index contributed by atoms with van der Waals surface area (Å²) < 4.78 is 5.23. The molecule has 2 aliphatic heterocycles. The molecule has 2 heterocycles. The molecule has 0 aromatic heterocycles. The van der Waals surface area contributed by atoms with E-state index < -0.39 is 11.9 Å². The van der Waals surface area contributed by atoms with Crippen LogP contribution >= 0.6 is 0 Å². The third-order valence-electron chi connectivity index (χ3n) is 4.71. The third-order valence-corrected chi connectivity index (χ3v) is 4.71. The average molecular weight is 331 g/mol. The molecule has 1 saturated heterocycles. The van der Waals surface area contributed by atoms with Gasteiger partial charge in [-0.2, -0.15) is 0 Å². The van der Waals surface area contributed by atoms with Gasteiger partial charge < -0.3 is 15.0 Å². The quantitative estimate of drug-likeness (QED) is 0.858. The number of carbonyl (C=O) groups excluding carboxylic acids is 3. The smallest absolute Gasteiger partial charge is 0.321 e. The molecule has 24 heavy (non-hydrogen) atoms. The molecule has 7 heteroatoms. The number of hydrogen-bond acceptors (Lipinski definition) is 4. The van der Waals surface area contributed by atoms with E-state index in [4.69, 9.17) is 4.74 Å². The number of rotatable bonds is 3. The van der Waals surface area contributed by atoms with Crippen LogP contribution in [0.1, 0.15) is 24.5 Å². The van der Waals surface area contributed by atoms with Crippen LogP contribution in [0.2, 0.25) is 0 Å². The molecule has 2 N–H and O–H groups in total. The Kier molecular flexibility index (Phi) is 4.42. The highest BCUT2D eigenvalue weighted by molar-refractivity contribution is 6.00. The van der Waals surface area contributed by atoms with Crippen molar-refractivity contribution in [2.24, 2.45) is 5.92 Å². The largest absolute Gasteiger partial charge is 0.497 e. The van der Waals surface area contributed by atoms with E-state index in [1.807, 2.05) is 18.2 Å². The van der Waals surface area contributed by atoms with E-state index in [2.05, 4.69) is 10.6 Å². The van der Waals surface area contributed by atoms with E-state index in [1.54, 1.807) is 18.9 Å². The van der Waals surface area contributed by atoms with Gasteiger partial charge in [-0.15, -0.1) is 0 Å². The van der Waals surface area contributed by atoms with Crippen LogP contribution in [-0.4, -0.2) is 42.4 Å². The van der Waals surface area contributed by atoms with Gasteiger partial charge in [0.15, 0.2) is 0 Å². The first kappa shape index (κ1) is 16.3. The van der Waals surface area contributed by atoms with Crippen molar-refractivity contribution in [1.29, 1.82) is 0 Å². The maximum Gasteiger partial charge on any atom is 0.321 e. The third kappa shape index (κ3) is 3.20. The van der Waals surface area contributed by atoms with Gasteiger partial charge in [-0.25, -0.2) is 4.79 Å². The van der Waals surface area contributed by atoms with Crippen LogP contribution in [0.15, 0.2) is 18.2 Å². The van der Waals surface area contributed by atoms with Crippen LogP contribution in [-0.2, 0) is 22.6 Å². The van der Waals surface area contributed by atoms with E-state index in [0.29, 0.717) is 13.1 Å². The minimum atomic E-state index is -0.535. The van der Waals surface area contributed by atoms with Gasteiger partial charge in [0.05, 0.1) is 13.0 Å². The number of methoxy groups -OCH3 is 1. The summed E-state index contributed by atoms with van der Waals surface area (Å²) in [6.45, 7) is 2.90. The van der Waals surface area contributed by atoms with Gasteiger partial charge in [0.2, 0.25) is 11.8 Å². The maximum atomic E-state index is 12.6. The predicted octanol–water partition coefficient (Wildman–Crippen LogP) is 0.814. The number of carbonyl (C=O) groups is 3. The number of hydrogen-bond donors (Lipinski definition) is 2. The number of nitrogens with one attached hydrogen (secondary N) is 2. The van der Waals surface area contributed by atoms with E-state index >= 15 is 0 Å². The molecular weight excluding hydrogens is 310 g/mol. The molecule has 0 bridgehead atoms. The highest BCUT2D eigenvalue weighted by Crippen LogP contribution is 2.25. The van der Waals surface area contributed by atoms with Crippen LogP contribution in [0, 0.1) is 5.92 Å². The SMILES string of the molecule is COc1ccc2c(c1)CCN(C(=O)CC1C(=O)NC(=O)NC1C)C2. The molecule has 0 saturated carbocycles. The molecule has 1 aromatic rings. The topological polar surface area (TPSA) is 87.7 Å². The zero-order valence-electron chi connectivity index (χ0n) is 13.8. The first-order valence-corrected chi connectivity index (χ1v) is 8.03. The fourth-order valence-corrected chi connectivity index (χ4v) is 3.23. The number of ether oxygens (including phenoxy) is 1. The lowest BCUT2D eigenvalue weighted by molar-refractivity contribution is -0.137. The molecular formula is C17H21N3O4. The zero-order valence-corrected chi connectivity index (χ0v) is 13.8. The van der Waals surface area contributed by atoms with Gasteiger partial charge in [-0.1, -0.05) is 6.07 Å². The molecule has 2 unspecified atom stereocenters. The second-order valence-electron chi connectivity index (χ2n) is 6.26. The Balaban J connectivity index is 1.66. The zero-order chi connectivity index (χ0) is 17.3. The highest BCUT2D eigenvalue weighted by atomic mass is 16.5. The molecule has 0 aliphatic carbocycles. The Hall–Kier alpha value is -2.57. The Bertz CT molecular complexity index is 688. The number of imide groups is 1. The number of benzene rings is 1. The number of fused-ring (bicyclic) bond motifs is 1. The first-order valence-electron chi connectivity index (χ1n) is 8.03. The van der Waals surface area contributed by atoms with E-state index in [-0.39, 0.29) is 24.3 Å². The summed E-state index contributed by atoms with van der Waals surface area (Å²) in [5, 5.41) is 4.86. The minimum Gasteiger partial charge on any atom is -0.497 e. The van der Waals surface area contributed by atoms with Gasteiger partial charge in [-0.05, 0) is 36.6 Å². The molecule has 0 radical (unpaired) electrons. The monoisotopic (exact) mass is 331 g/mol. The molecule has 1 aromatic carbocycles. The highest BCUT2D eigenvalue weighted by Gasteiger charge is 2.35. The lowest BCUT2D eigenvalue weighted by Crippen LogP contribution is -2.58. The summed E-state index contributed by atoms with van der Waals surface area (Å²) in [5.74, 6) is -0.175. The molecule has 0 spiro atoms. The van der Waals surface area contributed by atoms with Gasteiger partial charge in [-0.3, -0.25) is 14.9 Å². The summed E-state index contributed by atoms with van der Waals surface area (Å²) in [5.41, 5.74) is 2.29. The van der Waals surface area contributed by atoms with Gasteiger partial charge in [0.25, 0.3) is 0 Å².